The van der Waals surface area contributed by atoms with Crippen LogP contribution in [0.3, 0.4) is 0 Å². The number of benzene rings is 2. The lowest BCUT2D eigenvalue weighted by Gasteiger charge is -2.13. The number of hydrogen-bond acceptors (Lipinski definition) is 6. The van der Waals surface area contributed by atoms with Crippen LogP contribution in [0.1, 0.15) is 6.92 Å². The van der Waals surface area contributed by atoms with Crippen molar-refractivity contribution in [3.05, 3.63) is 52.6 Å². The molecule has 0 bridgehead atoms. The molecule has 0 fully saturated rings. The summed E-state index contributed by atoms with van der Waals surface area (Å²) < 4.78 is 28.3. The van der Waals surface area contributed by atoms with E-state index in [9.17, 15) is 23.3 Å². The number of carbonyl (C=O) groups excluding carboxylic acids is 1. The van der Waals surface area contributed by atoms with E-state index in [1.165, 1.54) is 42.5 Å². The highest BCUT2D eigenvalue weighted by Crippen LogP contribution is 2.29. The average Bonchev–Trinajstić information content (AvgIpc) is 2.56. The maximum absolute atomic E-state index is 12.1. The van der Waals surface area contributed by atoms with Gasteiger partial charge in [0.25, 0.3) is 14.7 Å². The molecule has 9 nitrogen and oxygen atoms in total. The van der Waals surface area contributed by atoms with E-state index < -0.39 is 20.0 Å². The van der Waals surface area contributed by atoms with Crippen molar-refractivity contribution in [1.82, 2.24) is 0 Å². The first kappa shape index (κ1) is 19.5. The number of non-ortho nitro benzene ring substituents is 1. The van der Waals surface area contributed by atoms with E-state index >= 15 is 0 Å². The number of amides is 2. The summed E-state index contributed by atoms with van der Waals surface area (Å²) in [4.78, 5) is 22.0. The summed E-state index contributed by atoms with van der Waals surface area (Å²) in [5.41, 5.74) is 0.301. The first-order valence-electron chi connectivity index (χ1n) is 7.24. The minimum Gasteiger partial charge on any atom is -0.492 e. The molecule has 0 spiro atoms. The standard InChI is InChI=1S/C15H14ClN3O6S/c1-2-25-14-8-7-12(26(16,23)24)9-13(14)18-15(20)17-10-3-5-11(6-4-10)19(21)22/h3-9H,2H2,1H3,(H2,17,18,20). The molecule has 0 heterocycles. The van der Waals surface area contributed by atoms with E-state index in [0.717, 1.165) is 0 Å². The molecule has 26 heavy (non-hydrogen) atoms. The van der Waals surface area contributed by atoms with Crippen LogP contribution in [0, 0.1) is 10.1 Å². The zero-order chi connectivity index (χ0) is 19.3. The molecule has 0 aliphatic heterocycles. The molecular weight excluding hydrogens is 386 g/mol. The molecule has 138 valence electrons. The van der Waals surface area contributed by atoms with Gasteiger partial charge in [-0.25, -0.2) is 13.2 Å². The number of carbonyl (C=O) groups is 1. The third-order valence-corrected chi connectivity index (χ3v) is 4.47. The van der Waals surface area contributed by atoms with Crippen LogP contribution in [0.15, 0.2) is 47.4 Å². The molecular formula is C15H14ClN3O6S. The summed E-state index contributed by atoms with van der Waals surface area (Å²) in [6, 6.07) is 8.31. The lowest BCUT2D eigenvalue weighted by molar-refractivity contribution is -0.384. The molecule has 2 N–H and O–H groups in total. The van der Waals surface area contributed by atoms with Gasteiger partial charge in [-0.2, -0.15) is 0 Å². The number of anilines is 2. The van der Waals surface area contributed by atoms with Crippen LogP contribution < -0.4 is 15.4 Å². The molecule has 0 aromatic heterocycles. The van der Waals surface area contributed by atoms with Gasteiger partial charge in [-0.05, 0) is 37.3 Å². The summed E-state index contributed by atoms with van der Waals surface area (Å²) >= 11 is 0. The number of nitro benzene ring substituents is 1. The maximum atomic E-state index is 12.1. The van der Waals surface area contributed by atoms with Crippen molar-refractivity contribution in [2.75, 3.05) is 17.2 Å². The number of nitro groups is 1. The molecule has 0 aliphatic rings. The predicted molar refractivity (Wildman–Crippen MR) is 96.4 cm³/mol. The van der Waals surface area contributed by atoms with Gasteiger partial charge in [-0.3, -0.25) is 10.1 Å². The number of ether oxygens (including phenoxy) is 1. The fourth-order valence-corrected chi connectivity index (χ4v) is 2.77. The Labute approximate surface area is 153 Å². The van der Waals surface area contributed by atoms with Gasteiger partial charge in [0.2, 0.25) is 0 Å². The van der Waals surface area contributed by atoms with E-state index in [2.05, 4.69) is 10.6 Å². The first-order chi connectivity index (χ1) is 12.2. The predicted octanol–water partition coefficient (Wildman–Crippen LogP) is 3.57. The van der Waals surface area contributed by atoms with Crippen LogP contribution in [0.25, 0.3) is 0 Å². The minimum absolute atomic E-state index is 0.105. The van der Waals surface area contributed by atoms with Gasteiger partial charge >= 0.3 is 6.03 Å². The lowest BCUT2D eigenvalue weighted by Crippen LogP contribution is -2.20. The third kappa shape index (κ3) is 5.07. The topological polar surface area (TPSA) is 128 Å². The molecule has 2 aromatic rings. The van der Waals surface area contributed by atoms with Gasteiger partial charge in [0.05, 0.1) is 22.1 Å². The number of rotatable bonds is 6. The molecule has 0 atom stereocenters. The molecule has 0 saturated heterocycles. The second-order valence-corrected chi connectivity index (χ2v) is 7.48. The molecule has 2 rings (SSSR count). The molecule has 11 heteroatoms. The number of nitrogens with one attached hydrogen (secondary N) is 2. The quantitative estimate of drug-likeness (QED) is 0.434. The second-order valence-electron chi connectivity index (χ2n) is 4.91. The Morgan fingerprint density at radius 2 is 1.85 bits per heavy atom. The van der Waals surface area contributed by atoms with Crippen molar-refractivity contribution in [3.8, 4) is 5.75 Å². The van der Waals surface area contributed by atoms with Gasteiger partial charge in [0.1, 0.15) is 5.75 Å². The molecule has 0 saturated carbocycles. The first-order valence-corrected chi connectivity index (χ1v) is 9.55. The van der Waals surface area contributed by atoms with Crippen LogP contribution in [-0.4, -0.2) is 26.0 Å². The van der Waals surface area contributed by atoms with Crippen molar-refractivity contribution >= 4 is 42.8 Å². The maximum Gasteiger partial charge on any atom is 0.323 e. The zero-order valence-electron chi connectivity index (χ0n) is 13.4. The Balaban J connectivity index is 2.19. The summed E-state index contributed by atoms with van der Waals surface area (Å²) in [6.07, 6.45) is 0. The van der Waals surface area contributed by atoms with Gasteiger partial charge < -0.3 is 15.4 Å². The zero-order valence-corrected chi connectivity index (χ0v) is 15.0. The van der Waals surface area contributed by atoms with Crippen molar-refractivity contribution in [1.29, 1.82) is 0 Å². The summed E-state index contributed by atoms with van der Waals surface area (Å²) in [7, 11) is 1.33. The highest BCUT2D eigenvalue weighted by molar-refractivity contribution is 8.13. The third-order valence-electron chi connectivity index (χ3n) is 3.12. The Hall–Kier alpha value is -2.85. The summed E-state index contributed by atoms with van der Waals surface area (Å²) in [5, 5.41) is 15.6. The van der Waals surface area contributed by atoms with Crippen LogP contribution >= 0.6 is 10.7 Å². The van der Waals surface area contributed by atoms with E-state index in [1.54, 1.807) is 6.92 Å². The normalized spacial score (nSPS) is 10.8. The van der Waals surface area contributed by atoms with E-state index in [-0.39, 0.29) is 22.0 Å². The molecule has 0 radical (unpaired) electrons. The smallest absolute Gasteiger partial charge is 0.323 e. The fraction of sp³-hybridized carbons (Fsp3) is 0.133. The number of halogens is 1. The van der Waals surface area contributed by atoms with Crippen LogP contribution in [0.5, 0.6) is 5.75 Å². The van der Waals surface area contributed by atoms with Crippen LogP contribution in [0.4, 0.5) is 21.9 Å². The lowest BCUT2D eigenvalue weighted by atomic mass is 10.3. The summed E-state index contributed by atoms with van der Waals surface area (Å²) in [6.45, 7) is 2.03. The van der Waals surface area contributed by atoms with Crippen molar-refractivity contribution in [3.63, 3.8) is 0 Å². The largest absolute Gasteiger partial charge is 0.492 e. The van der Waals surface area contributed by atoms with Crippen LogP contribution in [-0.2, 0) is 9.05 Å². The Morgan fingerprint density at radius 3 is 2.38 bits per heavy atom. The van der Waals surface area contributed by atoms with Crippen molar-refractivity contribution < 1.29 is 22.9 Å². The van der Waals surface area contributed by atoms with E-state index in [4.69, 9.17) is 15.4 Å². The van der Waals surface area contributed by atoms with Crippen molar-refractivity contribution in [2.24, 2.45) is 0 Å². The second kappa shape index (κ2) is 8.02. The number of nitrogens with zero attached hydrogens (tertiary/aromatic N) is 1. The van der Waals surface area contributed by atoms with Gasteiger partial charge in [0.15, 0.2) is 0 Å². The Bertz CT molecular complexity index is 931. The van der Waals surface area contributed by atoms with Gasteiger partial charge in [0, 0.05) is 28.5 Å². The van der Waals surface area contributed by atoms with Gasteiger partial charge in [-0.1, -0.05) is 0 Å². The average molecular weight is 400 g/mol. The Morgan fingerprint density at radius 1 is 1.19 bits per heavy atom. The van der Waals surface area contributed by atoms with E-state index in [0.29, 0.717) is 12.3 Å². The Kier molecular flexibility index (Phi) is 6.01. The SMILES string of the molecule is CCOc1ccc(S(=O)(=O)Cl)cc1NC(=O)Nc1ccc([N+](=O)[O-])cc1. The molecule has 2 amide bonds. The molecule has 2 aromatic carbocycles. The molecule has 0 aliphatic carbocycles. The molecule has 0 unspecified atom stereocenters. The minimum atomic E-state index is -3.98. The highest BCUT2D eigenvalue weighted by Gasteiger charge is 2.16. The van der Waals surface area contributed by atoms with Crippen molar-refractivity contribution in [2.45, 2.75) is 11.8 Å². The summed E-state index contributed by atoms with van der Waals surface area (Å²) in [5.74, 6) is 0.260. The van der Waals surface area contributed by atoms with Crippen LogP contribution in [0.2, 0.25) is 0 Å². The number of urea groups is 1. The highest BCUT2D eigenvalue weighted by atomic mass is 35.7. The fourth-order valence-electron chi connectivity index (χ4n) is 1.99. The monoisotopic (exact) mass is 399 g/mol. The van der Waals surface area contributed by atoms with Gasteiger partial charge in [-0.15, -0.1) is 0 Å². The van der Waals surface area contributed by atoms with E-state index in [1.807, 2.05) is 0 Å². The number of hydrogen-bond donors (Lipinski definition) is 2.